The van der Waals surface area contributed by atoms with Gasteiger partial charge in [0, 0.05) is 32.7 Å². The van der Waals surface area contributed by atoms with Crippen molar-refractivity contribution in [3.8, 4) is 5.75 Å². The lowest BCUT2D eigenvalue weighted by Gasteiger charge is -2.36. The highest BCUT2D eigenvalue weighted by molar-refractivity contribution is 5.97. The van der Waals surface area contributed by atoms with Crippen LogP contribution in [0, 0.1) is 11.2 Å². The van der Waals surface area contributed by atoms with E-state index in [0.29, 0.717) is 50.5 Å². The number of methoxy groups -OCH3 is 1. The molecule has 0 atom stereocenters. The van der Waals surface area contributed by atoms with E-state index in [1.165, 1.54) is 25.3 Å². The van der Waals surface area contributed by atoms with Gasteiger partial charge in [0.1, 0.15) is 11.6 Å². The SMILES string of the molecule is CCc1nn(CCCOC(=O)c2cc(OC)ccc2F)c2c1C(=O)NCC1(CCOCC1)C2. The van der Waals surface area contributed by atoms with Crippen molar-refractivity contribution in [1.82, 2.24) is 15.1 Å². The Labute approximate surface area is 192 Å². The third-order valence-electron chi connectivity index (χ3n) is 6.55. The fourth-order valence-electron chi connectivity index (χ4n) is 4.60. The van der Waals surface area contributed by atoms with Crippen LogP contribution >= 0.6 is 0 Å². The maximum absolute atomic E-state index is 14.0. The van der Waals surface area contributed by atoms with Gasteiger partial charge in [-0.1, -0.05) is 6.92 Å². The second-order valence-corrected chi connectivity index (χ2v) is 8.65. The topological polar surface area (TPSA) is 91.7 Å². The number of ether oxygens (including phenoxy) is 3. The van der Waals surface area contributed by atoms with Crippen LogP contribution < -0.4 is 10.1 Å². The Kier molecular flexibility index (Phi) is 6.97. The van der Waals surface area contributed by atoms with E-state index in [9.17, 15) is 14.0 Å². The molecule has 1 saturated heterocycles. The van der Waals surface area contributed by atoms with Gasteiger partial charge < -0.3 is 19.5 Å². The maximum atomic E-state index is 14.0. The van der Waals surface area contributed by atoms with Crippen LogP contribution in [0.5, 0.6) is 5.75 Å². The van der Waals surface area contributed by atoms with Gasteiger partial charge >= 0.3 is 5.97 Å². The lowest BCUT2D eigenvalue weighted by molar-refractivity contribution is 0.0152. The van der Waals surface area contributed by atoms with Crippen LogP contribution in [0.3, 0.4) is 0 Å². The van der Waals surface area contributed by atoms with E-state index < -0.39 is 11.8 Å². The number of benzene rings is 1. The van der Waals surface area contributed by atoms with Crippen molar-refractivity contribution in [2.24, 2.45) is 5.41 Å². The summed E-state index contributed by atoms with van der Waals surface area (Å²) in [4.78, 5) is 25.2. The summed E-state index contributed by atoms with van der Waals surface area (Å²) in [5.74, 6) is -1.08. The number of hydrogen-bond acceptors (Lipinski definition) is 6. The lowest BCUT2D eigenvalue weighted by Crippen LogP contribution is -2.40. The molecule has 9 heteroatoms. The average molecular weight is 460 g/mol. The molecule has 178 valence electrons. The van der Waals surface area contributed by atoms with Crippen LogP contribution in [0.1, 0.15) is 58.3 Å². The Hall–Kier alpha value is -2.94. The van der Waals surface area contributed by atoms with Crippen molar-refractivity contribution in [2.75, 3.05) is 33.5 Å². The number of amides is 1. The first-order chi connectivity index (χ1) is 16.0. The van der Waals surface area contributed by atoms with Crippen LogP contribution in [-0.2, 0) is 28.9 Å². The quantitative estimate of drug-likeness (QED) is 0.506. The standard InChI is InChI=1S/C24H30FN3O5/c1-3-19-21-20(14-24(15-26-22(21)29)7-11-32-12-8-24)28(27-19)9-4-10-33-23(30)17-13-16(31-2)5-6-18(17)25/h5-6,13H,3-4,7-12,14-15H2,1-2H3,(H,26,29). The van der Waals surface area contributed by atoms with Gasteiger partial charge in [-0.2, -0.15) is 5.10 Å². The zero-order chi connectivity index (χ0) is 23.4. The first-order valence-corrected chi connectivity index (χ1v) is 11.4. The summed E-state index contributed by atoms with van der Waals surface area (Å²) in [6, 6.07) is 3.95. The molecule has 33 heavy (non-hydrogen) atoms. The zero-order valence-electron chi connectivity index (χ0n) is 19.1. The molecule has 2 aliphatic rings. The Morgan fingerprint density at radius 3 is 2.85 bits per heavy atom. The van der Waals surface area contributed by atoms with Gasteiger partial charge in [-0.05, 0) is 49.3 Å². The molecule has 1 amide bonds. The van der Waals surface area contributed by atoms with Crippen LogP contribution in [0.4, 0.5) is 4.39 Å². The normalized spacial score (nSPS) is 17.2. The predicted octanol–water partition coefficient (Wildman–Crippen LogP) is 2.92. The van der Waals surface area contributed by atoms with Gasteiger partial charge in [-0.15, -0.1) is 0 Å². The minimum absolute atomic E-state index is 0.0295. The van der Waals surface area contributed by atoms with Gasteiger partial charge in [0.05, 0.1) is 36.2 Å². The third-order valence-corrected chi connectivity index (χ3v) is 6.55. The molecule has 2 aromatic rings. The van der Waals surface area contributed by atoms with E-state index in [1.54, 1.807) is 0 Å². The number of halogens is 1. The number of carbonyl (C=O) groups excluding carboxylic acids is 2. The molecule has 2 aliphatic heterocycles. The van der Waals surface area contributed by atoms with Gasteiger partial charge in [0.15, 0.2) is 0 Å². The highest BCUT2D eigenvalue weighted by Gasteiger charge is 2.39. The molecule has 0 radical (unpaired) electrons. The Balaban J connectivity index is 1.45. The molecule has 0 aliphatic carbocycles. The molecule has 1 aromatic heterocycles. The third kappa shape index (κ3) is 4.88. The van der Waals surface area contributed by atoms with E-state index in [1.807, 2.05) is 11.6 Å². The number of carbonyl (C=O) groups is 2. The van der Waals surface area contributed by atoms with Gasteiger partial charge in [0.25, 0.3) is 5.91 Å². The van der Waals surface area contributed by atoms with Gasteiger partial charge in [-0.25, -0.2) is 9.18 Å². The fraction of sp³-hybridized carbons (Fsp3) is 0.542. The van der Waals surface area contributed by atoms with Crippen LogP contribution in [0.2, 0.25) is 0 Å². The average Bonchev–Trinajstić information content (AvgIpc) is 3.11. The summed E-state index contributed by atoms with van der Waals surface area (Å²) in [7, 11) is 1.45. The number of esters is 1. The van der Waals surface area contributed by atoms with Crippen LogP contribution in [-0.4, -0.2) is 55.1 Å². The summed E-state index contributed by atoms with van der Waals surface area (Å²) in [5.41, 5.74) is 2.21. The molecule has 0 unspecified atom stereocenters. The number of nitrogens with one attached hydrogen (secondary N) is 1. The molecule has 0 bridgehead atoms. The van der Waals surface area contributed by atoms with Gasteiger partial charge in [-0.3, -0.25) is 9.48 Å². The summed E-state index contributed by atoms with van der Waals surface area (Å²) < 4.78 is 31.8. The van der Waals surface area contributed by atoms with E-state index >= 15 is 0 Å². The van der Waals surface area contributed by atoms with Crippen molar-refractivity contribution >= 4 is 11.9 Å². The van der Waals surface area contributed by atoms with E-state index in [2.05, 4.69) is 5.32 Å². The number of aryl methyl sites for hydroxylation is 2. The van der Waals surface area contributed by atoms with E-state index in [0.717, 1.165) is 30.7 Å². The Morgan fingerprint density at radius 2 is 2.12 bits per heavy atom. The molecule has 8 nitrogen and oxygen atoms in total. The summed E-state index contributed by atoms with van der Waals surface area (Å²) in [5, 5.41) is 7.80. The Morgan fingerprint density at radius 1 is 1.33 bits per heavy atom. The zero-order valence-corrected chi connectivity index (χ0v) is 19.1. The second kappa shape index (κ2) is 9.91. The first-order valence-electron chi connectivity index (χ1n) is 11.4. The minimum atomic E-state index is -0.736. The van der Waals surface area contributed by atoms with E-state index in [4.69, 9.17) is 19.3 Å². The number of aromatic nitrogens is 2. The molecule has 0 saturated carbocycles. The van der Waals surface area contributed by atoms with E-state index in [-0.39, 0.29) is 23.5 Å². The van der Waals surface area contributed by atoms with Crippen LogP contribution in [0.25, 0.3) is 0 Å². The second-order valence-electron chi connectivity index (χ2n) is 8.65. The van der Waals surface area contributed by atoms with Crippen molar-refractivity contribution < 1.29 is 28.2 Å². The molecular formula is C24H30FN3O5. The molecule has 1 fully saturated rings. The molecule has 3 heterocycles. The molecular weight excluding hydrogens is 429 g/mol. The van der Waals surface area contributed by atoms with Crippen molar-refractivity contribution in [2.45, 2.75) is 45.6 Å². The summed E-state index contributed by atoms with van der Waals surface area (Å²) >= 11 is 0. The van der Waals surface area contributed by atoms with Gasteiger partial charge in [0.2, 0.25) is 0 Å². The monoisotopic (exact) mass is 459 g/mol. The highest BCUT2D eigenvalue weighted by atomic mass is 19.1. The fourth-order valence-corrected chi connectivity index (χ4v) is 4.60. The first kappa shape index (κ1) is 23.2. The molecule has 1 N–H and O–H groups in total. The number of rotatable bonds is 7. The molecule has 4 rings (SSSR count). The maximum Gasteiger partial charge on any atom is 0.341 e. The largest absolute Gasteiger partial charge is 0.497 e. The number of fused-ring (bicyclic) bond motifs is 1. The lowest BCUT2D eigenvalue weighted by atomic mass is 9.76. The smallest absolute Gasteiger partial charge is 0.341 e. The minimum Gasteiger partial charge on any atom is -0.497 e. The Bertz CT molecular complexity index is 1030. The number of hydrogen-bond donors (Lipinski definition) is 1. The van der Waals surface area contributed by atoms with Crippen LogP contribution in [0.15, 0.2) is 18.2 Å². The molecule has 1 spiro atoms. The highest BCUT2D eigenvalue weighted by Crippen LogP contribution is 2.37. The molecule has 1 aromatic carbocycles. The van der Waals surface area contributed by atoms with Crippen molar-refractivity contribution in [3.05, 3.63) is 46.5 Å². The predicted molar refractivity (Wildman–Crippen MR) is 118 cm³/mol. The summed E-state index contributed by atoms with van der Waals surface area (Å²) in [6.07, 6.45) is 3.69. The van der Waals surface area contributed by atoms with Crippen molar-refractivity contribution in [3.63, 3.8) is 0 Å². The number of nitrogens with zero attached hydrogens (tertiary/aromatic N) is 2. The summed E-state index contributed by atoms with van der Waals surface area (Å²) in [6.45, 7) is 4.61. The van der Waals surface area contributed by atoms with Crippen molar-refractivity contribution in [1.29, 1.82) is 0 Å².